The van der Waals surface area contributed by atoms with Crippen molar-refractivity contribution in [2.45, 2.75) is 0 Å². The fraction of sp³-hybridized carbons (Fsp3) is 0. The molecule has 0 saturated heterocycles. The lowest BCUT2D eigenvalue weighted by atomic mass is 10.3. The average molecular weight is 262 g/mol. The second-order valence-corrected chi connectivity index (χ2v) is 4.23. The third-order valence-corrected chi connectivity index (χ3v) is 2.78. The Hall–Kier alpha value is -2.46. The lowest BCUT2D eigenvalue weighted by molar-refractivity contribution is 0.262. The molecule has 1 heterocycles. The molecule has 0 radical (unpaired) electrons. The molecule has 2 rings (SSSR count). The molecule has 2 amide bonds. The summed E-state index contributed by atoms with van der Waals surface area (Å²) in [5.74, 6) is -0.524. The molecule has 90 valence electrons. The number of nitrogens with one attached hydrogen (secondary N) is 2. The van der Waals surface area contributed by atoms with Gasteiger partial charge in [-0.1, -0.05) is 23.5 Å². The molecule has 2 aromatic rings. The van der Waals surface area contributed by atoms with Crippen molar-refractivity contribution in [3.05, 3.63) is 41.2 Å². The van der Waals surface area contributed by atoms with E-state index in [1.165, 1.54) is 24.4 Å². The Balaban J connectivity index is 2.01. The minimum Gasteiger partial charge on any atom is -0.305 e. The van der Waals surface area contributed by atoms with Gasteiger partial charge in [-0.2, -0.15) is 5.26 Å². The molecule has 2 N–H and O–H groups in total. The number of para-hydroxylation sites is 1. The Morgan fingerprint density at radius 3 is 2.83 bits per heavy atom. The van der Waals surface area contributed by atoms with Crippen LogP contribution >= 0.6 is 11.3 Å². The first-order chi connectivity index (χ1) is 8.69. The fourth-order valence-electron chi connectivity index (χ4n) is 1.20. The Morgan fingerprint density at radius 2 is 2.17 bits per heavy atom. The SMILES string of the molecule is N#Cc1cnc(NC(=O)Nc2ccccc2F)s1. The molecule has 0 bridgehead atoms. The van der Waals surface area contributed by atoms with E-state index in [4.69, 9.17) is 5.26 Å². The number of aromatic nitrogens is 1. The molecule has 1 aromatic carbocycles. The van der Waals surface area contributed by atoms with E-state index in [2.05, 4.69) is 15.6 Å². The fourth-order valence-corrected chi connectivity index (χ4v) is 1.81. The first-order valence-electron chi connectivity index (χ1n) is 4.87. The largest absolute Gasteiger partial charge is 0.325 e. The summed E-state index contributed by atoms with van der Waals surface area (Å²) < 4.78 is 13.2. The summed E-state index contributed by atoms with van der Waals surface area (Å²) in [5.41, 5.74) is 0.0760. The van der Waals surface area contributed by atoms with Crippen LogP contribution in [0.4, 0.5) is 20.0 Å². The van der Waals surface area contributed by atoms with Gasteiger partial charge in [-0.05, 0) is 12.1 Å². The molecule has 0 spiro atoms. The highest BCUT2D eigenvalue weighted by atomic mass is 32.1. The van der Waals surface area contributed by atoms with E-state index in [0.29, 0.717) is 4.88 Å². The number of hydrogen-bond donors (Lipinski definition) is 2. The smallest absolute Gasteiger partial charge is 0.305 e. The van der Waals surface area contributed by atoms with E-state index in [9.17, 15) is 9.18 Å². The Bertz CT molecular complexity index is 620. The first kappa shape index (κ1) is 12.0. The quantitative estimate of drug-likeness (QED) is 0.873. The number of carbonyl (C=O) groups excluding carboxylic acids is 1. The van der Waals surface area contributed by atoms with E-state index < -0.39 is 11.8 Å². The number of amides is 2. The second-order valence-electron chi connectivity index (χ2n) is 3.20. The first-order valence-corrected chi connectivity index (χ1v) is 5.69. The van der Waals surface area contributed by atoms with Crippen LogP contribution in [0.25, 0.3) is 0 Å². The van der Waals surface area contributed by atoms with Gasteiger partial charge in [0.25, 0.3) is 0 Å². The van der Waals surface area contributed by atoms with Crippen LogP contribution in [0.15, 0.2) is 30.5 Å². The van der Waals surface area contributed by atoms with Crippen LogP contribution in [0.5, 0.6) is 0 Å². The third kappa shape index (κ3) is 2.81. The molecule has 0 atom stereocenters. The van der Waals surface area contributed by atoms with Crippen molar-refractivity contribution >= 4 is 28.2 Å². The minimum atomic E-state index is -0.612. The van der Waals surface area contributed by atoms with Crippen molar-refractivity contribution in [2.24, 2.45) is 0 Å². The summed E-state index contributed by atoms with van der Waals surface area (Å²) >= 11 is 1.04. The summed E-state index contributed by atoms with van der Waals surface area (Å²) in [4.78, 5) is 15.7. The van der Waals surface area contributed by atoms with Crippen molar-refractivity contribution in [1.82, 2.24) is 4.98 Å². The van der Waals surface area contributed by atoms with Gasteiger partial charge >= 0.3 is 6.03 Å². The number of halogens is 1. The number of rotatable bonds is 2. The monoisotopic (exact) mass is 262 g/mol. The van der Waals surface area contributed by atoms with Crippen molar-refractivity contribution < 1.29 is 9.18 Å². The van der Waals surface area contributed by atoms with Gasteiger partial charge in [0.2, 0.25) is 0 Å². The van der Waals surface area contributed by atoms with Crippen molar-refractivity contribution in [3.8, 4) is 6.07 Å². The highest BCUT2D eigenvalue weighted by Crippen LogP contribution is 2.18. The lowest BCUT2D eigenvalue weighted by Crippen LogP contribution is -2.19. The van der Waals surface area contributed by atoms with Crippen molar-refractivity contribution in [3.63, 3.8) is 0 Å². The zero-order chi connectivity index (χ0) is 13.0. The van der Waals surface area contributed by atoms with Gasteiger partial charge in [0.1, 0.15) is 16.8 Å². The molecule has 0 aliphatic heterocycles. The van der Waals surface area contributed by atoms with Gasteiger partial charge in [-0.15, -0.1) is 0 Å². The van der Waals surface area contributed by atoms with Crippen LogP contribution in [0.3, 0.4) is 0 Å². The van der Waals surface area contributed by atoms with E-state index in [1.807, 2.05) is 6.07 Å². The average Bonchev–Trinajstić information content (AvgIpc) is 2.80. The maximum absolute atomic E-state index is 13.2. The van der Waals surface area contributed by atoms with Crippen LogP contribution in [0.1, 0.15) is 4.88 Å². The number of nitrogens with zero attached hydrogens (tertiary/aromatic N) is 2. The number of benzene rings is 1. The van der Waals surface area contributed by atoms with E-state index >= 15 is 0 Å². The zero-order valence-corrected chi connectivity index (χ0v) is 9.79. The molecule has 0 fully saturated rings. The number of hydrogen-bond acceptors (Lipinski definition) is 4. The van der Waals surface area contributed by atoms with Crippen LogP contribution in [-0.2, 0) is 0 Å². The Labute approximate surface area is 106 Å². The summed E-state index contributed by atoms with van der Waals surface area (Å²) in [6.45, 7) is 0. The maximum atomic E-state index is 13.2. The Kier molecular flexibility index (Phi) is 3.50. The van der Waals surface area contributed by atoms with Crippen LogP contribution in [-0.4, -0.2) is 11.0 Å². The van der Waals surface area contributed by atoms with Crippen LogP contribution in [0.2, 0.25) is 0 Å². The highest BCUT2D eigenvalue weighted by Gasteiger charge is 2.08. The number of urea groups is 1. The molecule has 1 aromatic heterocycles. The zero-order valence-electron chi connectivity index (χ0n) is 8.98. The van der Waals surface area contributed by atoms with Gasteiger partial charge in [0.05, 0.1) is 11.9 Å². The highest BCUT2D eigenvalue weighted by molar-refractivity contribution is 7.16. The van der Waals surface area contributed by atoms with E-state index in [1.54, 1.807) is 6.07 Å². The predicted molar refractivity (Wildman–Crippen MR) is 65.9 cm³/mol. The normalized spacial score (nSPS) is 9.56. The molecule has 0 aliphatic rings. The summed E-state index contributed by atoms with van der Waals surface area (Å²) in [5, 5.41) is 13.6. The van der Waals surface area contributed by atoms with Gasteiger partial charge in [0, 0.05) is 0 Å². The number of thiazole rings is 1. The van der Waals surface area contributed by atoms with Crippen molar-refractivity contribution in [2.75, 3.05) is 10.6 Å². The van der Waals surface area contributed by atoms with Gasteiger partial charge < -0.3 is 5.32 Å². The number of nitriles is 1. The molecule has 0 aliphatic carbocycles. The minimum absolute atomic E-state index is 0.0760. The van der Waals surface area contributed by atoms with Gasteiger partial charge in [0.15, 0.2) is 5.13 Å². The van der Waals surface area contributed by atoms with Gasteiger partial charge in [-0.25, -0.2) is 14.2 Å². The van der Waals surface area contributed by atoms with E-state index in [-0.39, 0.29) is 10.8 Å². The summed E-state index contributed by atoms with van der Waals surface area (Å²) in [6.07, 6.45) is 1.35. The van der Waals surface area contributed by atoms with Crippen LogP contribution < -0.4 is 10.6 Å². The van der Waals surface area contributed by atoms with E-state index in [0.717, 1.165) is 11.3 Å². The molecular weight excluding hydrogens is 255 g/mol. The molecular formula is C11H7FN4OS. The summed E-state index contributed by atoms with van der Waals surface area (Å²) in [6, 6.07) is 7.11. The standard InChI is InChI=1S/C11H7FN4OS/c12-8-3-1-2-4-9(8)15-10(17)16-11-14-6-7(5-13)18-11/h1-4,6H,(H2,14,15,16,17). The second kappa shape index (κ2) is 5.25. The molecule has 7 heteroatoms. The van der Waals surface area contributed by atoms with Crippen LogP contribution in [0, 0.1) is 17.1 Å². The lowest BCUT2D eigenvalue weighted by Gasteiger charge is -2.05. The third-order valence-electron chi connectivity index (χ3n) is 1.96. The topological polar surface area (TPSA) is 77.8 Å². The predicted octanol–water partition coefficient (Wildman–Crippen LogP) is 2.80. The van der Waals surface area contributed by atoms with Crippen molar-refractivity contribution in [1.29, 1.82) is 5.26 Å². The van der Waals surface area contributed by atoms with Gasteiger partial charge in [-0.3, -0.25) is 5.32 Å². The molecule has 18 heavy (non-hydrogen) atoms. The molecule has 0 unspecified atom stereocenters. The number of anilines is 2. The summed E-state index contributed by atoms with van der Waals surface area (Å²) in [7, 11) is 0. The number of carbonyl (C=O) groups is 1. The molecule has 0 saturated carbocycles. The maximum Gasteiger partial charge on any atom is 0.325 e. The molecule has 5 nitrogen and oxygen atoms in total. The Morgan fingerprint density at radius 1 is 1.39 bits per heavy atom.